The highest BCUT2D eigenvalue weighted by Crippen LogP contribution is 2.42. The molecule has 0 radical (unpaired) electrons. The van der Waals surface area contributed by atoms with Crippen molar-refractivity contribution in [1.29, 1.82) is 0 Å². The number of amides is 2. The quantitative estimate of drug-likeness (QED) is 0.474. The van der Waals surface area contributed by atoms with Gasteiger partial charge in [-0.05, 0) is 37.4 Å². The van der Waals surface area contributed by atoms with Crippen molar-refractivity contribution >= 4 is 59.4 Å². The van der Waals surface area contributed by atoms with Crippen LogP contribution >= 0.6 is 35.9 Å². The average Bonchev–Trinajstić information content (AvgIpc) is 2.96. The maximum atomic E-state index is 12.5. The van der Waals surface area contributed by atoms with Crippen molar-refractivity contribution in [2.75, 3.05) is 42.6 Å². The van der Waals surface area contributed by atoms with Gasteiger partial charge in [-0.2, -0.15) is 0 Å². The molecule has 9 heteroatoms. The number of thioether (sulfide) groups is 2. The van der Waals surface area contributed by atoms with E-state index in [0.29, 0.717) is 34.2 Å². The van der Waals surface area contributed by atoms with Crippen LogP contribution in [0.1, 0.15) is 24.2 Å². The highest BCUT2D eigenvalue weighted by Gasteiger charge is 2.41. The number of hydrogen-bond acceptors (Lipinski definition) is 7. The molecule has 0 saturated heterocycles. The summed E-state index contributed by atoms with van der Waals surface area (Å²) >= 11 is 2.87. The minimum absolute atomic E-state index is 0. The highest BCUT2D eigenvalue weighted by atomic mass is 35.5. The molecule has 0 fully saturated rings. The summed E-state index contributed by atoms with van der Waals surface area (Å²) in [5.41, 5.74) is 0.874. The van der Waals surface area contributed by atoms with Gasteiger partial charge in [-0.3, -0.25) is 9.59 Å². The number of carbonyl (C=O) groups excluding carboxylic acids is 3. The number of carbonyl (C=O) groups is 3. The molecule has 28 heavy (non-hydrogen) atoms. The molecule has 3 rings (SSSR count). The Kier molecular flexibility index (Phi) is 8.42. The van der Waals surface area contributed by atoms with Gasteiger partial charge in [0.2, 0.25) is 0 Å². The highest BCUT2D eigenvalue weighted by molar-refractivity contribution is 8.11. The van der Waals surface area contributed by atoms with Gasteiger partial charge in [-0.1, -0.05) is 13.8 Å². The lowest BCUT2D eigenvalue weighted by Crippen LogP contribution is -2.31. The second-order valence-electron chi connectivity index (χ2n) is 6.01. The monoisotopic (exact) mass is 442 g/mol. The third kappa shape index (κ3) is 4.74. The maximum absolute atomic E-state index is 12.5. The molecule has 1 aromatic rings. The molecule has 0 atom stereocenters. The van der Waals surface area contributed by atoms with E-state index in [1.165, 1.54) is 28.4 Å². The van der Waals surface area contributed by atoms with E-state index < -0.39 is 5.97 Å². The molecule has 0 saturated carbocycles. The van der Waals surface area contributed by atoms with Crippen molar-refractivity contribution in [3.8, 4) is 0 Å². The second kappa shape index (κ2) is 10.3. The Morgan fingerprint density at radius 1 is 1.04 bits per heavy atom. The normalized spacial score (nSPS) is 16.3. The fourth-order valence-electron chi connectivity index (χ4n) is 2.90. The molecule has 0 N–H and O–H groups in total. The van der Waals surface area contributed by atoms with Gasteiger partial charge in [0.1, 0.15) is 6.61 Å². The predicted octanol–water partition coefficient (Wildman–Crippen LogP) is 3.17. The first-order valence-corrected chi connectivity index (χ1v) is 10.9. The Labute approximate surface area is 179 Å². The maximum Gasteiger partial charge on any atom is 0.338 e. The summed E-state index contributed by atoms with van der Waals surface area (Å²) in [5.74, 6) is 0.698. The fraction of sp³-hybridized carbons (Fsp3) is 0.421. The van der Waals surface area contributed by atoms with Crippen LogP contribution in [0.2, 0.25) is 0 Å². The molecule has 0 unspecified atom stereocenters. The van der Waals surface area contributed by atoms with Crippen LogP contribution in [0.5, 0.6) is 0 Å². The van der Waals surface area contributed by atoms with Crippen molar-refractivity contribution in [2.45, 2.75) is 13.8 Å². The number of benzene rings is 1. The number of hydrogen-bond donors (Lipinski definition) is 0. The van der Waals surface area contributed by atoms with E-state index in [0.717, 1.165) is 24.6 Å². The lowest BCUT2D eigenvalue weighted by Gasteiger charge is -2.17. The predicted molar refractivity (Wildman–Crippen MR) is 116 cm³/mol. The zero-order valence-corrected chi connectivity index (χ0v) is 18.3. The molecule has 2 heterocycles. The van der Waals surface area contributed by atoms with Crippen LogP contribution in [0.15, 0.2) is 34.1 Å². The lowest BCUT2D eigenvalue weighted by atomic mass is 10.2. The topological polar surface area (TPSA) is 66.9 Å². The van der Waals surface area contributed by atoms with Gasteiger partial charge in [0, 0.05) is 18.1 Å². The van der Waals surface area contributed by atoms with Crippen LogP contribution in [-0.2, 0) is 14.3 Å². The Bertz CT molecular complexity index is 751. The first kappa shape index (κ1) is 22.8. The molecule has 6 nitrogen and oxygen atoms in total. The Balaban J connectivity index is 0.00000280. The molecular weight excluding hydrogens is 420 g/mol. The largest absolute Gasteiger partial charge is 0.461 e. The summed E-state index contributed by atoms with van der Waals surface area (Å²) in [7, 11) is 0. The Morgan fingerprint density at radius 2 is 1.57 bits per heavy atom. The molecule has 152 valence electrons. The van der Waals surface area contributed by atoms with E-state index in [4.69, 9.17) is 4.74 Å². The number of rotatable bonds is 7. The second-order valence-corrected chi connectivity index (χ2v) is 8.22. The molecular formula is C19H23ClN2O4S2. The summed E-state index contributed by atoms with van der Waals surface area (Å²) in [6, 6.07) is 6.41. The van der Waals surface area contributed by atoms with Crippen molar-refractivity contribution in [2.24, 2.45) is 0 Å². The van der Waals surface area contributed by atoms with E-state index >= 15 is 0 Å². The number of nitrogens with zero attached hydrogens (tertiary/aromatic N) is 2. The van der Waals surface area contributed by atoms with Crippen molar-refractivity contribution in [3.05, 3.63) is 39.6 Å². The third-order valence-electron chi connectivity index (χ3n) is 4.47. The molecule has 0 bridgehead atoms. The molecule has 2 aliphatic rings. The van der Waals surface area contributed by atoms with E-state index in [-0.39, 0.29) is 24.2 Å². The zero-order valence-electron chi connectivity index (χ0n) is 15.8. The number of esters is 1. The Hall–Kier alpha value is -1.48. The minimum Gasteiger partial charge on any atom is -0.461 e. The van der Waals surface area contributed by atoms with E-state index in [1.807, 2.05) is 0 Å². The van der Waals surface area contributed by atoms with Crippen molar-refractivity contribution in [3.63, 3.8) is 0 Å². The molecule has 1 aromatic carbocycles. The van der Waals surface area contributed by atoms with Crippen molar-refractivity contribution in [1.82, 2.24) is 4.90 Å². The SMILES string of the molecule is CCN(CC)CCOC(=O)c1ccc(N2C(=O)C3=C(SCCS3)C2=O)cc1.Cl. The third-order valence-corrected chi connectivity index (χ3v) is 7.01. The Morgan fingerprint density at radius 3 is 2.07 bits per heavy atom. The van der Waals surface area contributed by atoms with Crippen LogP contribution in [0.25, 0.3) is 0 Å². The van der Waals surface area contributed by atoms with Crippen molar-refractivity contribution < 1.29 is 19.1 Å². The summed E-state index contributed by atoms with van der Waals surface area (Å²) in [4.78, 5) is 41.7. The zero-order chi connectivity index (χ0) is 19.4. The van der Waals surface area contributed by atoms with Crippen LogP contribution in [0.4, 0.5) is 5.69 Å². The van der Waals surface area contributed by atoms with Crippen LogP contribution < -0.4 is 4.90 Å². The minimum atomic E-state index is -0.406. The lowest BCUT2D eigenvalue weighted by molar-refractivity contribution is -0.120. The smallest absolute Gasteiger partial charge is 0.338 e. The van der Waals surface area contributed by atoms with Crippen LogP contribution in [-0.4, -0.2) is 60.4 Å². The van der Waals surface area contributed by atoms with Crippen LogP contribution in [0.3, 0.4) is 0 Å². The van der Waals surface area contributed by atoms with Gasteiger partial charge in [-0.25, -0.2) is 9.69 Å². The molecule has 2 amide bonds. The van der Waals surface area contributed by atoms with Gasteiger partial charge < -0.3 is 9.64 Å². The fourth-order valence-corrected chi connectivity index (χ4v) is 5.20. The van der Waals surface area contributed by atoms with E-state index in [2.05, 4.69) is 18.7 Å². The van der Waals surface area contributed by atoms with Gasteiger partial charge in [0.05, 0.1) is 21.1 Å². The average molecular weight is 443 g/mol. The summed E-state index contributed by atoms with van der Waals surface area (Å²) in [6.07, 6.45) is 0. The van der Waals surface area contributed by atoms with Gasteiger partial charge in [-0.15, -0.1) is 35.9 Å². The van der Waals surface area contributed by atoms with Gasteiger partial charge >= 0.3 is 5.97 Å². The first-order valence-electron chi connectivity index (χ1n) is 8.95. The van der Waals surface area contributed by atoms with Gasteiger partial charge in [0.25, 0.3) is 11.8 Å². The first-order chi connectivity index (χ1) is 13.1. The number of halogens is 1. The molecule has 0 aromatic heterocycles. The van der Waals surface area contributed by atoms with E-state index in [9.17, 15) is 14.4 Å². The summed E-state index contributed by atoms with van der Waals surface area (Å²) < 4.78 is 5.30. The van der Waals surface area contributed by atoms with E-state index in [1.54, 1.807) is 24.3 Å². The number of imide groups is 1. The standard InChI is InChI=1S/C19H22N2O4S2.ClH/c1-3-20(4-2)9-10-25-19(24)13-5-7-14(8-6-13)21-17(22)15-16(18(21)23)27-12-11-26-15;/h5-8H,3-4,9-12H2,1-2H3;1H. The van der Waals surface area contributed by atoms with Gasteiger partial charge in [0.15, 0.2) is 0 Å². The molecule has 0 aliphatic carbocycles. The summed E-state index contributed by atoms with van der Waals surface area (Å²) in [5, 5.41) is 0. The number of likely N-dealkylation sites (N-methyl/N-ethyl adjacent to an activating group) is 1. The summed E-state index contributed by atoms with van der Waals surface area (Å²) in [6.45, 7) is 6.98. The molecule has 2 aliphatic heterocycles. The number of ether oxygens (including phenoxy) is 1. The number of anilines is 1. The molecule has 0 spiro atoms. The van der Waals surface area contributed by atoms with Crippen LogP contribution in [0, 0.1) is 0 Å².